The standard InChI is InChI=1S/C27H30ClFN4O4/c1-3-33-22(17-31-13-15-32(16-14-31)25(34)19-7-11-21(29)12-8-19)23(26(35)37-4-2)24(30-27(33)36)18-5-9-20(28)10-6-18/h5-12,24H,3-4,13-17H2,1-2H3,(H,30,36)/t24-/m0/s1. The topological polar surface area (TPSA) is 82.2 Å². The Labute approximate surface area is 220 Å². The van der Waals surface area contributed by atoms with E-state index in [0.29, 0.717) is 61.1 Å². The Kier molecular flexibility index (Phi) is 8.45. The van der Waals surface area contributed by atoms with Gasteiger partial charge in [-0.15, -0.1) is 0 Å². The van der Waals surface area contributed by atoms with Gasteiger partial charge in [-0.05, 0) is 55.8 Å². The van der Waals surface area contributed by atoms with Crippen molar-refractivity contribution in [2.75, 3.05) is 45.9 Å². The molecule has 0 saturated carbocycles. The van der Waals surface area contributed by atoms with Crippen molar-refractivity contribution in [1.29, 1.82) is 0 Å². The number of amides is 3. The molecular weight excluding hydrogens is 499 g/mol. The number of nitrogens with zero attached hydrogens (tertiary/aromatic N) is 3. The smallest absolute Gasteiger partial charge is 0.338 e. The van der Waals surface area contributed by atoms with Gasteiger partial charge in [-0.3, -0.25) is 14.6 Å². The van der Waals surface area contributed by atoms with E-state index in [0.717, 1.165) is 5.56 Å². The molecule has 0 aliphatic carbocycles. The van der Waals surface area contributed by atoms with E-state index in [1.807, 2.05) is 6.92 Å². The molecule has 2 aromatic rings. The summed E-state index contributed by atoms with van der Waals surface area (Å²) in [6, 6.07) is 11.5. The minimum Gasteiger partial charge on any atom is -0.463 e. The number of likely N-dealkylation sites (N-methyl/N-ethyl adjacent to an activating group) is 1. The lowest BCUT2D eigenvalue weighted by Crippen LogP contribution is -2.53. The Morgan fingerprint density at radius 1 is 1.03 bits per heavy atom. The summed E-state index contributed by atoms with van der Waals surface area (Å²) >= 11 is 6.06. The monoisotopic (exact) mass is 528 g/mol. The highest BCUT2D eigenvalue weighted by molar-refractivity contribution is 6.30. The molecular formula is C27H30ClFN4O4. The summed E-state index contributed by atoms with van der Waals surface area (Å²) in [7, 11) is 0. The molecule has 0 aromatic heterocycles. The van der Waals surface area contributed by atoms with E-state index < -0.39 is 12.0 Å². The third-order valence-corrected chi connectivity index (χ3v) is 6.83. The predicted octanol–water partition coefficient (Wildman–Crippen LogP) is 3.84. The zero-order valence-electron chi connectivity index (χ0n) is 20.9. The van der Waals surface area contributed by atoms with Crippen LogP contribution >= 0.6 is 11.6 Å². The Balaban J connectivity index is 1.58. The highest BCUT2D eigenvalue weighted by Gasteiger charge is 2.38. The fourth-order valence-corrected chi connectivity index (χ4v) is 4.78. The van der Waals surface area contributed by atoms with Crippen LogP contribution in [0.3, 0.4) is 0 Å². The van der Waals surface area contributed by atoms with Crippen molar-refractivity contribution in [2.24, 2.45) is 0 Å². The Bertz CT molecular complexity index is 1180. The fourth-order valence-electron chi connectivity index (χ4n) is 4.66. The van der Waals surface area contributed by atoms with Gasteiger partial charge in [0.1, 0.15) is 5.82 Å². The average molecular weight is 529 g/mol. The summed E-state index contributed by atoms with van der Waals surface area (Å²) in [5.74, 6) is -1.02. The molecule has 0 unspecified atom stereocenters. The third-order valence-electron chi connectivity index (χ3n) is 6.58. The summed E-state index contributed by atoms with van der Waals surface area (Å²) < 4.78 is 18.6. The van der Waals surface area contributed by atoms with E-state index in [9.17, 15) is 18.8 Å². The zero-order valence-corrected chi connectivity index (χ0v) is 21.6. The van der Waals surface area contributed by atoms with Crippen LogP contribution in [0.2, 0.25) is 5.02 Å². The molecule has 1 atom stereocenters. The fraction of sp³-hybridized carbons (Fsp3) is 0.370. The number of ether oxygens (including phenoxy) is 1. The number of hydrogen-bond donors (Lipinski definition) is 1. The Morgan fingerprint density at radius 3 is 2.27 bits per heavy atom. The number of halogens is 2. The number of urea groups is 1. The maximum atomic E-state index is 13.2. The molecule has 3 amide bonds. The minimum absolute atomic E-state index is 0.152. The zero-order chi connectivity index (χ0) is 26.5. The van der Waals surface area contributed by atoms with E-state index in [1.54, 1.807) is 41.0 Å². The van der Waals surface area contributed by atoms with Gasteiger partial charge in [0.15, 0.2) is 0 Å². The SMILES string of the molecule is CCOC(=O)C1=C(CN2CCN(C(=O)c3ccc(F)cc3)CC2)N(CC)C(=O)N[C@H]1c1ccc(Cl)cc1. The lowest BCUT2D eigenvalue weighted by molar-refractivity contribution is -0.139. The molecule has 0 spiro atoms. The lowest BCUT2D eigenvalue weighted by atomic mass is 9.94. The van der Waals surface area contributed by atoms with Gasteiger partial charge < -0.3 is 15.0 Å². The van der Waals surface area contributed by atoms with Gasteiger partial charge in [0.25, 0.3) is 5.91 Å². The summed E-state index contributed by atoms with van der Waals surface area (Å²) in [6.45, 7) is 6.56. The molecule has 2 heterocycles. The van der Waals surface area contributed by atoms with Gasteiger partial charge in [-0.1, -0.05) is 23.7 Å². The van der Waals surface area contributed by atoms with Crippen LogP contribution in [0.4, 0.5) is 9.18 Å². The maximum Gasteiger partial charge on any atom is 0.338 e. The quantitative estimate of drug-likeness (QED) is 0.552. The van der Waals surface area contributed by atoms with Crippen molar-refractivity contribution in [3.8, 4) is 0 Å². The molecule has 2 aliphatic heterocycles. The number of carbonyl (C=O) groups excluding carboxylic acids is 3. The normalized spacial score (nSPS) is 18.6. The van der Waals surface area contributed by atoms with Gasteiger partial charge >= 0.3 is 12.0 Å². The van der Waals surface area contributed by atoms with E-state index in [2.05, 4.69) is 10.2 Å². The minimum atomic E-state index is -0.678. The summed E-state index contributed by atoms with van der Waals surface area (Å²) in [6.07, 6.45) is 0. The first-order valence-corrected chi connectivity index (χ1v) is 12.7. The highest BCUT2D eigenvalue weighted by atomic mass is 35.5. The average Bonchev–Trinajstić information content (AvgIpc) is 2.89. The molecule has 2 aliphatic rings. The molecule has 1 fully saturated rings. The number of rotatable bonds is 7. The summed E-state index contributed by atoms with van der Waals surface area (Å²) in [4.78, 5) is 44.5. The first-order chi connectivity index (χ1) is 17.8. The van der Waals surface area contributed by atoms with Crippen LogP contribution in [-0.2, 0) is 9.53 Å². The largest absolute Gasteiger partial charge is 0.463 e. The molecule has 8 nitrogen and oxygen atoms in total. The maximum absolute atomic E-state index is 13.2. The summed E-state index contributed by atoms with van der Waals surface area (Å²) in [5, 5.41) is 3.49. The van der Waals surface area contributed by atoms with Crippen molar-refractivity contribution < 1.29 is 23.5 Å². The van der Waals surface area contributed by atoms with Gasteiger partial charge in [0.05, 0.1) is 18.2 Å². The third kappa shape index (κ3) is 5.94. The first-order valence-electron chi connectivity index (χ1n) is 12.3. The van der Waals surface area contributed by atoms with E-state index in [4.69, 9.17) is 16.3 Å². The second-order valence-corrected chi connectivity index (χ2v) is 9.27. The van der Waals surface area contributed by atoms with E-state index in [1.165, 1.54) is 24.3 Å². The molecule has 1 N–H and O–H groups in total. The molecule has 37 heavy (non-hydrogen) atoms. The highest BCUT2D eigenvalue weighted by Crippen LogP contribution is 2.32. The number of benzene rings is 2. The van der Waals surface area contributed by atoms with Crippen LogP contribution in [0.25, 0.3) is 0 Å². The van der Waals surface area contributed by atoms with Crippen LogP contribution in [0.1, 0.15) is 35.8 Å². The van der Waals surface area contributed by atoms with Crippen molar-refractivity contribution in [3.63, 3.8) is 0 Å². The molecule has 0 radical (unpaired) electrons. The summed E-state index contributed by atoms with van der Waals surface area (Å²) in [5.41, 5.74) is 2.14. The number of nitrogens with one attached hydrogen (secondary N) is 1. The molecule has 4 rings (SSSR count). The number of esters is 1. The Hall–Kier alpha value is -3.43. The predicted molar refractivity (Wildman–Crippen MR) is 138 cm³/mol. The number of carbonyl (C=O) groups is 3. The van der Waals surface area contributed by atoms with Gasteiger partial charge in [0, 0.05) is 55.6 Å². The molecule has 10 heteroatoms. The van der Waals surface area contributed by atoms with Gasteiger partial charge in [0.2, 0.25) is 0 Å². The first kappa shape index (κ1) is 26.6. The van der Waals surface area contributed by atoms with Crippen LogP contribution in [0.15, 0.2) is 59.8 Å². The van der Waals surface area contributed by atoms with Crippen molar-refractivity contribution in [3.05, 3.63) is 81.8 Å². The Morgan fingerprint density at radius 2 is 1.68 bits per heavy atom. The van der Waals surface area contributed by atoms with Crippen molar-refractivity contribution >= 4 is 29.5 Å². The van der Waals surface area contributed by atoms with Crippen LogP contribution in [-0.4, -0.2) is 78.5 Å². The van der Waals surface area contributed by atoms with Crippen LogP contribution in [0, 0.1) is 5.82 Å². The van der Waals surface area contributed by atoms with E-state index in [-0.39, 0.29) is 24.4 Å². The van der Waals surface area contributed by atoms with E-state index >= 15 is 0 Å². The molecule has 2 aromatic carbocycles. The van der Waals surface area contributed by atoms with Gasteiger partial charge in [-0.25, -0.2) is 14.0 Å². The van der Waals surface area contributed by atoms with Crippen LogP contribution < -0.4 is 5.32 Å². The number of hydrogen-bond acceptors (Lipinski definition) is 5. The van der Waals surface area contributed by atoms with Crippen molar-refractivity contribution in [1.82, 2.24) is 20.0 Å². The van der Waals surface area contributed by atoms with Crippen LogP contribution in [0.5, 0.6) is 0 Å². The van der Waals surface area contributed by atoms with Gasteiger partial charge in [-0.2, -0.15) is 0 Å². The molecule has 0 bridgehead atoms. The molecule has 196 valence electrons. The number of piperazine rings is 1. The lowest BCUT2D eigenvalue weighted by Gasteiger charge is -2.40. The van der Waals surface area contributed by atoms with Crippen molar-refractivity contribution in [2.45, 2.75) is 19.9 Å². The molecule has 1 saturated heterocycles. The second-order valence-electron chi connectivity index (χ2n) is 8.83. The second kappa shape index (κ2) is 11.7.